The number of imidazole rings is 1. The minimum atomic E-state index is -0.0889. The molecule has 0 aliphatic rings. The van der Waals surface area contributed by atoms with Crippen LogP contribution in [0.25, 0.3) is 11.0 Å². The molecule has 32 heavy (non-hydrogen) atoms. The Hall–Kier alpha value is -2.82. The van der Waals surface area contributed by atoms with Gasteiger partial charge in [-0.15, -0.1) is 0 Å². The summed E-state index contributed by atoms with van der Waals surface area (Å²) in [5.74, 6) is 0.975. The summed E-state index contributed by atoms with van der Waals surface area (Å²) in [6.07, 6.45) is 3.79. The number of fused-ring (bicyclic) bond motifs is 1. The fraction of sp³-hybridized carbons (Fsp3) is 0.231. The van der Waals surface area contributed by atoms with Gasteiger partial charge >= 0.3 is 0 Å². The zero-order chi connectivity index (χ0) is 22.3. The Labute approximate surface area is 198 Å². The Bertz CT molecular complexity index is 1220. The van der Waals surface area contributed by atoms with Crippen molar-refractivity contribution in [3.63, 3.8) is 0 Å². The number of amides is 1. The zero-order valence-corrected chi connectivity index (χ0v) is 19.2. The highest BCUT2D eigenvalue weighted by atomic mass is 35.5. The molecule has 4 nitrogen and oxygen atoms in total. The summed E-state index contributed by atoms with van der Waals surface area (Å²) in [4.78, 5) is 17.1. The molecule has 0 atom stereocenters. The van der Waals surface area contributed by atoms with E-state index in [1.165, 1.54) is 0 Å². The fourth-order valence-corrected chi connectivity index (χ4v) is 4.19. The second-order valence-electron chi connectivity index (χ2n) is 7.77. The number of carbonyl (C=O) groups excluding carboxylic acids is 1. The predicted octanol–water partition coefficient (Wildman–Crippen LogP) is 6.53. The number of para-hydroxylation sites is 2. The number of nitrogens with zero attached hydrogens (tertiary/aromatic N) is 2. The Morgan fingerprint density at radius 3 is 2.56 bits per heavy atom. The van der Waals surface area contributed by atoms with Crippen LogP contribution in [0, 0.1) is 0 Å². The number of hydrogen-bond acceptors (Lipinski definition) is 2. The molecule has 0 aliphatic carbocycles. The molecule has 4 aromatic rings. The number of unbranched alkanes of at least 4 members (excludes halogenated alkanes) is 2. The Kier molecular flexibility index (Phi) is 7.46. The molecule has 1 heterocycles. The standard InChI is InChI=1S/C26H25Cl2N3O/c27-21-11-8-10-19(17-21)26(32)29-16-7-1-2-15-25-30-23-13-5-6-14-24(23)31(25)18-20-9-3-4-12-22(20)28/h3-6,8-14,17H,1-2,7,15-16,18H2,(H,29,32). The van der Waals surface area contributed by atoms with Crippen LogP contribution in [-0.2, 0) is 13.0 Å². The Balaban J connectivity index is 1.33. The van der Waals surface area contributed by atoms with E-state index >= 15 is 0 Å². The van der Waals surface area contributed by atoms with Crippen molar-refractivity contribution in [2.75, 3.05) is 6.54 Å². The first-order valence-electron chi connectivity index (χ1n) is 10.8. The van der Waals surface area contributed by atoms with Gasteiger partial charge in [0.05, 0.1) is 17.6 Å². The lowest BCUT2D eigenvalue weighted by molar-refractivity contribution is 0.0953. The van der Waals surface area contributed by atoms with Gasteiger partial charge in [-0.1, -0.05) is 66.0 Å². The number of aromatic nitrogens is 2. The first-order chi connectivity index (χ1) is 15.6. The quantitative estimate of drug-likeness (QED) is 0.285. The summed E-state index contributed by atoms with van der Waals surface area (Å²) in [6, 6.07) is 23.1. The van der Waals surface area contributed by atoms with Gasteiger partial charge in [0.2, 0.25) is 0 Å². The van der Waals surface area contributed by atoms with Crippen LogP contribution in [-0.4, -0.2) is 22.0 Å². The molecule has 164 valence electrons. The van der Waals surface area contributed by atoms with Crippen molar-refractivity contribution in [3.8, 4) is 0 Å². The maximum atomic E-state index is 12.2. The number of hydrogen-bond donors (Lipinski definition) is 1. The summed E-state index contributed by atoms with van der Waals surface area (Å²) >= 11 is 12.4. The summed E-state index contributed by atoms with van der Waals surface area (Å²) in [5, 5.41) is 4.30. The topological polar surface area (TPSA) is 46.9 Å². The lowest BCUT2D eigenvalue weighted by Crippen LogP contribution is -2.24. The van der Waals surface area contributed by atoms with Gasteiger partial charge in [0.25, 0.3) is 5.91 Å². The smallest absolute Gasteiger partial charge is 0.251 e. The van der Waals surface area contributed by atoms with Crippen LogP contribution in [0.3, 0.4) is 0 Å². The molecular weight excluding hydrogens is 441 g/mol. The van der Waals surface area contributed by atoms with E-state index < -0.39 is 0 Å². The SMILES string of the molecule is O=C(NCCCCCc1nc2ccccc2n1Cc1ccccc1Cl)c1cccc(Cl)c1. The van der Waals surface area contributed by atoms with Crippen molar-refractivity contribution in [1.82, 2.24) is 14.9 Å². The summed E-state index contributed by atoms with van der Waals surface area (Å²) < 4.78 is 2.26. The zero-order valence-electron chi connectivity index (χ0n) is 17.7. The van der Waals surface area contributed by atoms with Crippen molar-refractivity contribution < 1.29 is 4.79 Å². The molecule has 1 N–H and O–H groups in total. The number of nitrogens with one attached hydrogen (secondary N) is 1. The van der Waals surface area contributed by atoms with Crippen LogP contribution in [0.1, 0.15) is 41.0 Å². The van der Waals surface area contributed by atoms with Crippen molar-refractivity contribution in [2.24, 2.45) is 0 Å². The minimum Gasteiger partial charge on any atom is -0.352 e. The molecule has 0 saturated heterocycles. The Morgan fingerprint density at radius 2 is 1.72 bits per heavy atom. The third kappa shape index (κ3) is 5.50. The Morgan fingerprint density at radius 1 is 0.906 bits per heavy atom. The van der Waals surface area contributed by atoms with E-state index in [4.69, 9.17) is 28.2 Å². The molecule has 0 aliphatic heterocycles. The van der Waals surface area contributed by atoms with Crippen LogP contribution in [0.4, 0.5) is 0 Å². The van der Waals surface area contributed by atoms with Crippen molar-refractivity contribution >= 4 is 40.1 Å². The van der Waals surface area contributed by atoms with Gasteiger partial charge in [0.15, 0.2) is 0 Å². The molecule has 4 rings (SSSR count). The summed E-state index contributed by atoms with van der Waals surface area (Å²) in [6.45, 7) is 1.34. The molecule has 3 aromatic carbocycles. The second kappa shape index (κ2) is 10.7. The molecular formula is C26H25Cl2N3O. The average molecular weight is 466 g/mol. The van der Waals surface area contributed by atoms with Gasteiger partial charge in [-0.2, -0.15) is 0 Å². The third-order valence-corrected chi connectivity index (χ3v) is 6.07. The van der Waals surface area contributed by atoms with E-state index in [2.05, 4.69) is 22.0 Å². The normalized spacial score (nSPS) is 11.1. The van der Waals surface area contributed by atoms with Gasteiger partial charge in [-0.05, 0) is 54.8 Å². The number of aryl methyl sites for hydroxylation is 1. The first kappa shape index (κ1) is 22.4. The predicted molar refractivity (Wildman–Crippen MR) is 132 cm³/mol. The number of rotatable bonds is 9. The van der Waals surface area contributed by atoms with Crippen LogP contribution in [0.2, 0.25) is 10.0 Å². The van der Waals surface area contributed by atoms with E-state index in [1.54, 1.807) is 24.3 Å². The largest absolute Gasteiger partial charge is 0.352 e. The van der Waals surface area contributed by atoms with Crippen LogP contribution in [0.15, 0.2) is 72.8 Å². The number of halogens is 2. The van der Waals surface area contributed by atoms with Crippen molar-refractivity contribution in [2.45, 2.75) is 32.2 Å². The van der Waals surface area contributed by atoms with E-state index in [0.29, 0.717) is 23.7 Å². The number of carbonyl (C=O) groups is 1. The molecule has 0 bridgehead atoms. The molecule has 0 spiro atoms. The van der Waals surface area contributed by atoms with Gasteiger partial charge in [-0.3, -0.25) is 4.79 Å². The van der Waals surface area contributed by atoms with E-state index in [9.17, 15) is 4.79 Å². The maximum absolute atomic E-state index is 12.2. The lowest BCUT2D eigenvalue weighted by atomic mass is 10.1. The van der Waals surface area contributed by atoms with Gasteiger partial charge in [0.1, 0.15) is 5.82 Å². The van der Waals surface area contributed by atoms with Crippen molar-refractivity contribution in [1.29, 1.82) is 0 Å². The number of benzene rings is 3. The second-order valence-corrected chi connectivity index (χ2v) is 8.61. The van der Waals surface area contributed by atoms with Gasteiger partial charge < -0.3 is 9.88 Å². The summed E-state index contributed by atoms with van der Waals surface area (Å²) in [5.41, 5.74) is 3.80. The monoisotopic (exact) mass is 465 g/mol. The minimum absolute atomic E-state index is 0.0889. The molecule has 0 unspecified atom stereocenters. The molecule has 6 heteroatoms. The first-order valence-corrected chi connectivity index (χ1v) is 11.6. The molecule has 0 radical (unpaired) electrons. The van der Waals surface area contributed by atoms with Crippen LogP contribution >= 0.6 is 23.2 Å². The molecule has 1 amide bonds. The van der Waals surface area contributed by atoms with E-state index in [0.717, 1.165) is 53.1 Å². The van der Waals surface area contributed by atoms with Crippen LogP contribution in [0.5, 0.6) is 0 Å². The van der Waals surface area contributed by atoms with E-state index in [1.807, 2.05) is 36.4 Å². The average Bonchev–Trinajstić information content (AvgIpc) is 3.14. The molecule has 0 fully saturated rings. The highest BCUT2D eigenvalue weighted by molar-refractivity contribution is 6.31. The third-order valence-electron chi connectivity index (χ3n) is 5.47. The fourth-order valence-electron chi connectivity index (χ4n) is 3.81. The molecule has 0 saturated carbocycles. The highest BCUT2D eigenvalue weighted by Crippen LogP contribution is 2.23. The van der Waals surface area contributed by atoms with Gasteiger partial charge in [0, 0.05) is 28.6 Å². The lowest BCUT2D eigenvalue weighted by Gasteiger charge is -2.11. The molecule has 1 aromatic heterocycles. The van der Waals surface area contributed by atoms with E-state index in [-0.39, 0.29) is 5.91 Å². The van der Waals surface area contributed by atoms with Gasteiger partial charge in [-0.25, -0.2) is 4.98 Å². The maximum Gasteiger partial charge on any atom is 0.251 e. The van der Waals surface area contributed by atoms with Crippen LogP contribution < -0.4 is 5.32 Å². The summed E-state index contributed by atoms with van der Waals surface area (Å²) in [7, 11) is 0. The van der Waals surface area contributed by atoms with Crippen molar-refractivity contribution in [3.05, 3.63) is 99.8 Å². The highest BCUT2D eigenvalue weighted by Gasteiger charge is 2.12.